The topological polar surface area (TPSA) is 15.3 Å². The van der Waals surface area contributed by atoms with Crippen molar-refractivity contribution in [2.45, 2.75) is 56.5 Å². The van der Waals surface area contributed by atoms with Crippen LogP contribution in [0.2, 0.25) is 0 Å². The first-order valence-corrected chi connectivity index (χ1v) is 8.87. The number of hydrogen-bond donors (Lipinski definition) is 1. The molecule has 1 heterocycles. The summed E-state index contributed by atoms with van der Waals surface area (Å²) >= 11 is 0. The summed E-state index contributed by atoms with van der Waals surface area (Å²) in [5, 5.41) is 3.43. The van der Waals surface area contributed by atoms with Gasteiger partial charge in [-0.2, -0.15) is 0 Å². The molecule has 0 amide bonds. The van der Waals surface area contributed by atoms with Gasteiger partial charge in [0.25, 0.3) is 0 Å². The first-order chi connectivity index (χ1) is 10.4. The Morgan fingerprint density at radius 1 is 1.00 bits per heavy atom. The molecule has 114 valence electrons. The summed E-state index contributed by atoms with van der Waals surface area (Å²) in [6.45, 7) is 2.46. The molecule has 1 aliphatic heterocycles. The van der Waals surface area contributed by atoms with Crippen LogP contribution in [0.1, 0.15) is 61.6 Å². The quantitative estimate of drug-likeness (QED) is 0.887. The molecule has 4 rings (SSSR count). The molecule has 1 saturated heterocycles. The molecule has 0 radical (unpaired) electrons. The lowest BCUT2D eigenvalue weighted by Gasteiger charge is -2.42. The monoisotopic (exact) mass is 284 g/mol. The van der Waals surface area contributed by atoms with Crippen molar-refractivity contribution in [1.29, 1.82) is 0 Å². The first kappa shape index (κ1) is 13.8. The third-order valence-corrected chi connectivity index (χ3v) is 5.60. The van der Waals surface area contributed by atoms with Crippen LogP contribution in [-0.2, 0) is 0 Å². The van der Waals surface area contributed by atoms with Gasteiger partial charge in [-0.15, -0.1) is 0 Å². The van der Waals surface area contributed by atoms with E-state index in [4.69, 9.17) is 0 Å². The van der Waals surface area contributed by atoms with Crippen LogP contribution in [0.3, 0.4) is 0 Å². The summed E-state index contributed by atoms with van der Waals surface area (Å²) in [6.07, 6.45) is 8.39. The van der Waals surface area contributed by atoms with Gasteiger partial charge in [-0.05, 0) is 81.6 Å². The highest BCUT2D eigenvalue weighted by Crippen LogP contribution is 2.44. The second kappa shape index (κ2) is 5.73. The Morgan fingerprint density at radius 2 is 1.71 bits per heavy atom. The largest absolute Gasteiger partial charge is 0.319 e. The molecule has 3 aliphatic rings. The molecule has 3 fully saturated rings. The van der Waals surface area contributed by atoms with Crippen LogP contribution in [0.5, 0.6) is 0 Å². The van der Waals surface area contributed by atoms with Crippen LogP contribution in [0.15, 0.2) is 24.3 Å². The molecule has 1 N–H and O–H groups in total. The summed E-state index contributed by atoms with van der Waals surface area (Å²) < 4.78 is 0. The number of benzene rings is 1. The lowest BCUT2D eigenvalue weighted by atomic mass is 9.84. The average molecular weight is 284 g/mol. The van der Waals surface area contributed by atoms with Crippen molar-refractivity contribution in [3.63, 3.8) is 0 Å². The van der Waals surface area contributed by atoms with Crippen molar-refractivity contribution in [1.82, 2.24) is 10.2 Å². The normalized spacial score (nSPS) is 30.5. The highest BCUT2D eigenvalue weighted by Gasteiger charge is 2.40. The molecule has 21 heavy (non-hydrogen) atoms. The maximum atomic E-state index is 3.43. The molecule has 2 unspecified atom stereocenters. The van der Waals surface area contributed by atoms with E-state index >= 15 is 0 Å². The number of likely N-dealkylation sites (tertiary alicyclic amines) is 1. The fourth-order valence-electron chi connectivity index (χ4n) is 4.24. The molecule has 2 nitrogen and oxygen atoms in total. The van der Waals surface area contributed by atoms with Crippen LogP contribution in [0, 0.1) is 5.92 Å². The summed E-state index contributed by atoms with van der Waals surface area (Å²) in [4.78, 5) is 2.82. The first-order valence-electron chi connectivity index (χ1n) is 8.87. The number of rotatable bonds is 5. The highest BCUT2D eigenvalue weighted by atomic mass is 15.2. The Balaban J connectivity index is 1.59. The number of piperidine rings is 1. The third kappa shape index (κ3) is 2.89. The second-order valence-electron chi connectivity index (χ2n) is 7.31. The van der Waals surface area contributed by atoms with Gasteiger partial charge in [0.2, 0.25) is 0 Å². The van der Waals surface area contributed by atoms with E-state index < -0.39 is 0 Å². The minimum absolute atomic E-state index is 0.645. The Bertz CT molecular complexity index is 471. The van der Waals surface area contributed by atoms with E-state index in [1.165, 1.54) is 45.1 Å². The van der Waals surface area contributed by atoms with Crippen LogP contribution < -0.4 is 5.32 Å². The van der Waals surface area contributed by atoms with Crippen molar-refractivity contribution in [3.05, 3.63) is 35.4 Å². The van der Waals surface area contributed by atoms with Crippen molar-refractivity contribution in [2.24, 2.45) is 5.92 Å². The van der Waals surface area contributed by atoms with E-state index in [2.05, 4.69) is 41.5 Å². The Hall–Kier alpha value is -0.860. The summed E-state index contributed by atoms with van der Waals surface area (Å²) in [5.41, 5.74) is 3.13. The SMILES string of the molecule is CNCC1CCCN(C2CC2)C1c1ccc(C2CC2)cc1. The molecule has 0 spiro atoms. The van der Waals surface area contributed by atoms with Gasteiger partial charge in [-0.25, -0.2) is 0 Å². The van der Waals surface area contributed by atoms with E-state index in [9.17, 15) is 0 Å². The van der Waals surface area contributed by atoms with Gasteiger partial charge in [-0.1, -0.05) is 24.3 Å². The van der Waals surface area contributed by atoms with Gasteiger partial charge >= 0.3 is 0 Å². The van der Waals surface area contributed by atoms with Crippen LogP contribution in [0.4, 0.5) is 0 Å². The van der Waals surface area contributed by atoms with Gasteiger partial charge < -0.3 is 5.32 Å². The van der Waals surface area contributed by atoms with Crippen LogP contribution in [-0.4, -0.2) is 31.1 Å². The molecule has 2 heteroatoms. The number of nitrogens with zero attached hydrogens (tertiary/aromatic N) is 1. The molecule has 1 aromatic rings. The lowest BCUT2D eigenvalue weighted by molar-refractivity contribution is 0.0845. The Kier molecular flexibility index (Phi) is 3.76. The maximum absolute atomic E-state index is 3.43. The van der Waals surface area contributed by atoms with Gasteiger partial charge in [0.15, 0.2) is 0 Å². The van der Waals surface area contributed by atoms with Gasteiger partial charge in [0.05, 0.1) is 0 Å². The fraction of sp³-hybridized carbons (Fsp3) is 0.684. The van der Waals surface area contributed by atoms with Crippen LogP contribution >= 0.6 is 0 Å². The molecular formula is C19H28N2. The van der Waals surface area contributed by atoms with Crippen molar-refractivity contribution in [2.75, 3.05) is 20.1 Å². The molecule has 0 aromatic heterocycles. The van der Waals surface area contributed by atoms with Gasteiger partial charge in [0.1, 0.15) is 0 Å². The summed E-state index contributed by atoms with van der Waals surface area (Å²) in [7, 11) is 2.10. The minimum atomic E-state index is 0.645. The lowest BCUT2D eigenvalue weighted by Crippen LogP contribution is -2.43. The zero-order valence-corrected chi connectivity index (χ0v) is 13.2. The predicted molar refractivity (Wildman–Crippen MR) is 87.5 cm³/mol. The zero-order chi connectivity index (χ0) is 14.2. The number of hydrogen-bond acceptors (Lipinski definition) is 2. The standard InChI is InChI=1S/C19H28N2/c1-20-13-17-3-2-12-21(18-10-11-18)19(17)16-8-6-15(7-9-16)14-4-5-14/h6-9,14,17-20H,2-5,10-13H2,1H3. The second-order valence-corrected chi connectivity index (χ2v) is 7.31. The van der Waals surface area contributed by atoms with E-state index in [1.54, 1.807) is 11.1 Å². The Labute approximate surface area is 128 Å². The Morgan fingerprint density at radius 3 is 2.33 bits per heavy atom. The van der Waals surface area contributed by atoms with E-state index in [0.717, 1.165) is 24.4 Å². The molecule has 0 bridgehead atoms. The average Bonchev–Trinajstić information content (AvgIpc) is 3.41. The van der Waals surface area contributed by atoms with Gasteiger partial charge in [0, 0.05) is 12.1 Å². The molecular weight excluding hydrogens is 256 g/mol. The van der Waals surface area contributed by atoms with E-state index in [-0.39, 0.29) is 0 Å². The minimum Gasteiger partial charge on any atom is -0.319 e. The zero-order valence-electron chi connectivity index (χ0n) is 13.2. The summed E-state index contributed by atoms with van der Waals surface area (Å²) in [6, 6.07) is 11.2. The molecule has 1 aromatic carbocycles. The van der Waals surface area contributed by atoms with Crippen molar-refractivity contribution in [3.8, 4) is 0 Å². The smallest absolute Gasteiger partial charge is 0.0391 e. The maximum Gasteiger partial charge on any atom is 0.0391 e. The summed E-state index contributed by atoms with van der Waals surface area (Å²) in [5.74, 6) is 1.65. The van der Waals surface area contributed by atoms with Crippen molar-refractivity contribution < 1.29 is 0 Å². The molecule has 2 saturated carbocycles. The third-order valence-electron chi connectivity index (χ3n) is 5.60. The van der Waals surface area contributed by atoms with E-state index in [1.807, 2.05) is 0 Å². The molecule has 2 aliphatic carbocycles. The predicted octanol–water partition coefficient (Wildman–Crippen LogP) is 3.70. The van der Waals surface area contributed by atoms with Gasteiger partial charge in [-0.3, -0.25) is 4.90 Å². The van der Waals surface area contributed by atoms with E-state index in [0.29, 0.717) is 6.04 Å². The fourth-order valence-corrected chi connectivity index (χ4v) is 4.24. The number of nitrogens with one attached hydrogen (secondary N) is 1. The van der Waals surface area contributed by atoms with Crippen LogP contribution in [0.25, 0.3) is 0 Å². The highest BCUT2D eigenvalue weighted by molar-refractivity contribution is 5.30. The van der Waals surface area contributed by atoms with Crippen molar-refractivity contribution >= 4 is 0 Å². The molecule has 2 atom stereocenters.